The zero-order valence-electron chi connectivity index (χ0n) is 13.1. The minimum Gasteiger partial charge on any atom is -0.302 e. The summed E-state index contributed by atoms with van der Waals surface area (Å²) >= 11 is -1.95. The van der Waals surface area contributed by atoms with E-state index in [0.29, 0.717) is 16.7 Å². The Morgan fingerprint density at radius 3 is 2.77 bits per heavy atom. The monoisotopic (exact) mass is 315 g/mol. The van der Waals surface area contributed by atoms with Crippen LogP contribution in [0.2, 0.25) is 0 Å². The molecule has 1 aliphatic heterocycles. The first-order valence-corrected chi connectivity index (χ1v) is 9.16. The van der Waals surface area contributed by atoms with Crippen molar-refractivity contribution in [1.29, 1.82) is 0 Å². The summed E-state index contributed by atoms with van der Waals surface area (Å²) in [6.45, 7) is 4.98. The van der Waals surface area contributed by atoms with Crippen LogP contribution in [0.1, 0.15) is 48.9 Å². The van der Waals surface area contributed by atoms with E-state index < -0.39 is 11.1 Å². The Labute approximate surface area is 133 Å². The summed E-state index contributed by atoms with van der Waals surface area (Å²) in [5.41, 5.74) is 6.68. The number of nitrogens with zero attached hydrogens (tertiary/aromatic N) is 1. The maximum atomic E-state index is 12.1. The van der Waals surface area contributed by atoms with E-state index in [1.54, 1.807) is 0 Å². The van der Waals surface area contributed by atoms with Crippen molar-refractivity contribution in [2.45, 2.75) is 44.4 Å². The van der Waals surface area contributed by atoms with Crippen molar-refractivity contribution in [3.05, 3.63) is 33.9 Å². The Balaban J connectivity index is 1.99. The highest BCUT2D eigenvalue weighted by Gasteiger charge is 2.31. The third-order valence-electron chi connectivity index (χ3n) is 5.13. The van der Waals surface area contributed by atoms with Crippen LogP contribution in [0.5, 0.6) is 0 Å². The number of fused-ring (bicyclic) bond motifs is 2. The first-order chi connectivity index (χ1) is 10.5. The Morgan fingerprint density at radius 2 is 2.09 bits per heavy atom. The van der Waals surface area contributed by atoms with Crippen LogP contribution < -0.4 is 0 Å². The number of hydrogen-bond donors (Lipinski definition) is 1. The van der Waals surface area contributed by atoms with Crippen LogP contribution >= 0.6 is 0 Å². The minimum absolute atomic E-state index is 0.549. The van der Waals surface area contributed by atoms with Gasteiger partial charge in [-0.3, -0.25) is 4.99 Å². The van der Waals surface area contributed by atoms with Gasteiger partial charge < -0.3 is 4.55 Å². The summed E-state index contributed by atoms with van der Waals surface area (Å²) in [5, 5.41) is 0. The largest absolute Gasteiger partial charge is 0.302 e. The molecule has 0 spiro atoms. The van der Waals surface area contributed by atoms with Gasteiger partial charge in [0.05, 0.1) is 11.4 Å². The highest BCUT2D eigenvalue weighted by molar-refractivity contribution is 7.79. The minimum atomic E-state index is -1.95. The van der Waals surface area contributed by atoms with Crippen LogP contribution in [0.4, 0.5) is 0 Å². The van der Waals surface area contributed by atoms with Crippen molar-refractivity contribution in [2.75, 3.05) is 6.54 Å². The lowest BCUT2D eigenvalue weighted by molar-refractivity contribution is 0.562. The maximum Gasteiger partial charge on any atom is 0.187 e. The summed E-state index contributed by atoms with van der Waals surface area (Å²) in [6.07, 6.45) is 6.54. The molecule has 22 heavy (non-hydrogen) atoms. The lowest BCUT2D eigenvalue weighted by Crippen LogP contribution is -2.07. The van der Waals surface area contributed by atoms with E-state index in [0.717, 1.165) is 41.8 Å². The molecule has 4 rings (SSSR count). The fraction of sp³-hybridized carbons (Fsp3) is 0.500. The zero-order valence-corrected chi connectivity index (χ0v) is 13.9. The molecule has 0 amide bonds. The highest BCUT2D eigenvalue weighted by Crippen LogP contribution is 2.41. The van der Waals surface area contributed by atoms with Gasteiger partial charge in [-0.15, -0.1) is 0 Å². The molecular weight excluding hydrogens is 294 g/mol. The molecule has 2 aliphatic carbocycles. The van der Waals surface area contributed by atoms with E-state index in [-0.39, 0.29) is 0 Å². The summed E-state index contributed by atoms with van der Waals surface area (Å²) in [5.74, 6) is 1.18. The fourth-order valence-electron chi connectivity index (χ4n) is 3.84. The molecule has 3 aliphatic rings. The van der Waals surface area contributed by atoms with E-state index >= 15 is 0 Å². The molecule has 2 atom stereocenters. The molecule has 0 aromatic heterocycles. The Bertz CT molecular complexity index is 744. The smallest absolute Gasteiger partial charge is 0.187 e. The molecule has 1 heterocycles. The van der Waals surface area contributed by atoms with Gasteiger partial charge in [-0.2, -0.15) is 0 Å². The average Bonchev–Trinajstić information content (AvgIpc) is 3.23. The van der Waals surface area contributed by atoms with Crippen LogP contribution in [0.25, 0.3) is 6.08 Å². The molecule has 2 unspecified atom stereocenters. The van der Waals surface area contributed by atoms with E-state index in [1.807, 2.05) is 6.92 Å². The van der Waals surface area contributed by atoms with Gasteiger partial charge in [0.15, 0.2) is 11.1 Å². The molecule has 0 bridgehead atoms. The molecule has 3 nitrogen and oxygen atoms in total. The zero-order chi connectivity index (χ0) is 15.4. The predicted molar refractivity (Wildman–Crippen MR) is 89.8 cm³/mol. The van der Waals surface area contributed by atoms with Crippen molar-refractivity contribution < 1.29 is 8.76 Å². The van der Waals surface area contributed by atoms with Crippen molar-refractivity contribution >= 4 is 22.9 Å². The highest BCUT2D eigenvalue weighted by atomic mass is 32.2. The summed E-state index contributed by atoms with van der Waals surface area (Å²) in [4.78, 5) is 5.37. The van der Waals surface area contributed by atoms with Crippen LogP contribution in [0.3, 0.4) is 0 Å². The standard InChI is InChI=1S/C18H21NO2S/c1-10-5-13-7-15-11(2)19-9-14(12-3-4-12)8-17(15)18(22(20)21)16(13)6-10/h7-8,10,12H,3-6,9H2,1-2H3,(H,20,21). The van der Waals surface area contributed by atoms with Crippen LogP contribution in [0, 0.1) is 11.8 Å². The van der Waals surface area contributed by atoms with E-state index in [4.69, 9.17) is 4.99 Å². The van der Waals surface area contributed by atoms with Crippen LogP contribution in [-0.4, -0.2) is 21.0 Å². The Kier molecular flexibility index (Phi) is 3.35. The second kappa shape index (κ2) is 5.14. The van der Waals surface area contributed by atoms with Gasteiger partial charge in [-0.05, 0) is 67.2 Å². The van der Waals surface area contributed by atoms with Crippen molar-refractivity contribution in [2.24, 2.45) is 16.8 Å². The fourth-order valence-corrected chi connectivity index (χ4v) is 4.62. The summed E-state index contributed by atoms with van der Waals surface area (Å²) in [6, 6.07) is 2.22. The normalized spacial score (nSPS) is 25.0. The molecule has 116 valence electrons. The third-order valence-corrected chi connectivity index (χ3v) is 5.95. The molecule has 1 aromatic carbocycles. The quantitative estimate of drug-likeness (QED) is 0.847. The molecule has 1 aromatic rings. The average molecular weight is 315 g/mol. The Hall–Kier alpha value is -1.26. The van der Waals surface area contributed by atoms with Gasteiger partial charge in [-0.25, -0.2) is 4.21 Å². The second-order valence-corrected chi connectivity index (χ2v) is 7.87. The van der Waals surface area contributed by atoms with Crippen LogP contribution in [-0.2, 0) is 23.9 Å². The van der Waals surface area contributed by atoms with E-state index in [1.165, 1.54) is 24.0 Å². The number of hydrogen-bond acceptors (Lipinski definition) is 2. The molecular formula is C18H21NO2S. The molecule has 1 fully saturated rings. The van der Waals surface area contributed by atoms with Crippen molar-refractivity contribution in [3.63, 3.8) is 0 Å². The summed E-state index contributed by atoms with van der Waals surface area (Å²) in [7, 11) is 0. The van der Waals surface area contributed by atoms with Gasteiger partial charge in [0.2, 0.25) is 0 Å². The van der Waals surface area contributed by atoms with Crippen molar-refractivity contribution in [3.8, 4) is 0 Å². The first-order valence-electron chi connectivity index (χ1n) is 8.06. The number of benzene rings is 1. The van der Waals surface area contributed by atoms with Gasteiger partial charge in [0.25, 0.3) is 0 Å². The second-order valence-electron chi connectivity index (χ2n) is 6.96. The number of rotatable bonds is 2. The van der Waals surface area contributed by atoms with Gasteiger partial charge in [0.1, 0.15) is 0 Å². The molecule has 1 saturated carbocycles. The maximum absolute atomic E-state index is 12.1. The van der Waals surface area contributed by atoms with Gasteiger partial charge in [0, 0.05) is 16.8 Å². The molecule has 1 N–H and O–H groups in total. The van der Waals surface area contributed by atoms with Crippen molar-refractivity contribution in [1.82, 2.24) is 0 Å². The topological polar surface area (TPSA) is 49.7 Å². The van der Waals surface area contributed by atoms with E-state index in [2.05, 4.69) is 19.1 Å². The lowest BCUT2D eigenvalue weighted by Gasteiger charge is -2.14. The predicted octanol–water partition coefficient (Wildman–Crippen LogP) is 3.62. The molecule has 0 radical (unpaired) electrons. The van der Waals surface area contributed by atoms with Gasteiger partial charge in [-0.1, -0.05) is 13.0 Å². The summed E-state index contributed by atoms with van der Waals surface area (Å²) < 4.78 is 22.0. The third kappa shape index (κ3) is 2.29. The van der Waals surface area contributed by atoms with Crippen LogP contribution in [0.15, 0.2) is 21.5 Å². The lowest BCUT2D eigenvalue weighted by atomic mass is 9.95. The SMILES string of the molecule is CC1=NCC(C2CC2)=Cc2c1cc1c(c2S(=O)O)CC(C)C1. The molecule has 4 heteroatoms. The Morgan fingerprint density at radius 1 is 1.32 bits per heavy atom. The molecule has 0 saturated heterocycles. The van der Waals surface area contributed by atoms with E-state index in [9.17, 15) is 8.76 Å². The van der Waals surface area contributed by atoms with Gasteiger partial charge >= 0.3 is 0 Å². The first kappa shape index (κ1) is 14.3. The number of aliphatic imine (C=N–C) groups is 1.